The second-order valence-electron chi connectivity index (χ2n) is 5.82. The Balaban J connectivity index is 0.00000441. The Labute approximate surface area is 156 Å². The summed E-state index contributed by atoms with van der Waals surface area (Å²) in [5, 5.41) is 11.2. The zero-order valence-electron chi connectivity index (χ0n) is 14.6. The maximum Gasteiger partial charge on any atom is 0.191 e. The molecule has 0 unspecified atom stereocenters. The molecule has 0 aliphatic carbocycles. The van der Waals surface area contributed by atoms with E-state index in [4.69, 9.17) is 0 Å². The third-order valence-electron chi connectivity index (χ3n) is 3.40. The summed E-state index contributed by atoms with van der Waals surface area (Å²) in [6.45, 7) is 11.3. The average molecular weight is 439 g/mol. The lowest BCUT2D eigenvalue weighted by Crippen LogP contribution is -2.43. The normalized spacial score (nSPS) is 12.0. The van der Waals surface area contributed by atoms with Crippen molar-refractivity contribution in [2.24, 2.45) is 4.99 Å². The van der Waals surface area contributed by atoms with Crippen molar-refractivity contribution in [1.29, 1.82) is 0 Å². The quantitative estimate of drug-likeness (QED) is 0.297. The number of halogens is 1. The van der Waals surface area contributed by atoms with Crippen LogP contribution >= 0.6 is 35.7 Å². The fraction of sp³-hybridized carbons (Fsp3) is 0.733. The van der Waals surface area contributed by atoms with Crippen LogP contribution in [0.3, 0.4) is 0 Å². The minimum Gasteiger partial charge on any atom is -0.356 e. The van der Waals surface area contributed by atoms with Gasteiger partial charge < -0.3 is 10.6 Å². The molecule has 0 aliphatic rings. The topological polar surface area (TPSA) is 54.2 Å². The van der Waals surface area contributed by atoms with Gasteiger partial charge in [-0.15, -0.1) is 24.0 Å². The SMILES string of the molecule is CN=C(NCCCn1nc(C)cc1C)NCC(C)(C)SC.I. The summed E-state index contributed by atoms with van der Waals surface area (Å²) in [6.07, 6.45) is 3.15. The van der Waals surface area contributed by atoms with Gasteiger partial charge in [-0.3, -0.25) is 9.67 Å². The molecule has 5 nitrogen and oxygen atoms in total. The number of guanidine groups is 1. The lowest BCUT2D eigenvalue weighted by molar-refractivity contribution is 0.554. The van der Waals surface area contributed by atoms with E-state index in [-0.39, 0.29) is 28.7 Å². The van der Waals surface area contributed by atoms with E-state index in [0.717, 1.165) is 37.7 Å². The molecule has 1 rings (SSSR count). The highest BCUT2D eigenvalue weighted by molar-refractivity contribution is 14.0. The molecule has 1 aromatic rings. The highest BCUT2D eigenvalue weighted by Crippen LogP contribution is 2.19. The first-order valence-electron chi connectivity index (χ1n) is 7.38. The molecule has 0 amide bonds. The maximum absolute atomic E-state index is 4.47. The first-order valence-corrected chi connectivity index (χ1v) is 8.61. The predicted molar refractivity (Wildman–Crippen MR) is 109 cm³/mol. The van der Waals surface area contributed by atoms with Crippen LogP contribution in [0.1, 0.15) is 31.7 Å². The van der Waals surface area contributed by atoms with Crippen molar-refractivity contribution in [2.45, 2.75) is 45.4 Å². The number of hydrogen-bond donors (Lipinski definition) is 2. The fourth-order valence-corrected chi connectivity index (χ4v) is 2.14. The summed E-state index contributed by atoms with van der Waals surface area (Å²) < 4.78 is 2.27. The van der Waals surface area contributed by atoms with Gasteiger partial charge in [0, 0.05) is 37.1 Å². The van der Waals surface area contributed by atoms with Crippen molar-refractivity contribution >= 4 is 41.7 Å². The van der Waals surface area contributed by atoms with Crippen molar-refractivity contribution in [1.82, 2.24) is 20.4 Å². The van der Waals surface area contributed by atoms with Gasteiger partial charge in [-0.2, -0.15) is 16.9 Å². The predicted octanol–water partition coefficient (Wildman–Crippen LogP) is 2.81. The molecular weight excluding hydrogens is 409 g/mol. The van der Waals surface area contributed by atoms with Crippen LogP contribution in [0.25, 0.3) is 0 Å². The van der Waals surface area contributed by atoms with Crippen molar-refractivity contribution in [3.8, 4) is 0 Å². The number of thioether (sulfide) groups is 1. The minimum absolute atomic E-state index is 0. The van der Waals surface area contributed by atoms with Gasteiger partial charge in [-0.05, 0) is 46.4 Å². The monoisotopic (exact) mass is 439 g/mol. The number of aliphatic imine (C=N–C) groups is 1. The molecule has 7 heteroatoms. The molecule has 0 atom stereocenters. The number of nitrogens with one attached hydrogen (secondary N) is 2. The van der Waals surface area contributed by atoms with Gasteiger partial charge >= 0.3 is 0 Å². The molecule has 0 aromatic carbocycles. The highest BCUT2D eigenvalue weighted by Gasteiger charge is 2.15. The van der Waals surface area contributed by atoms with Crippen LogP contribution in [0.15, 0.2) is 11.1 Å². The fourth-order valence-electron chi connectivity index (χ4n) is 1.93. The second kappa shape index (κ2) is 10.4. The van der Waals surface area contributed by atoms with Crippen molar-refractivity contribution in [3.63, 3.8) is 0 Å². The summed E-state index contributed by atoms with van der Waals surface area (Å²) in [6, 6.07) is 2.11. The molecule has 0 saturated carbocycles. The van der Waals surface area contributed by atoms with Crippen LogP contribution in [0.4, 0.5) is 0 Å². The van der Waals surface area contributed by atoms with E-state index in [1.807, 2.05) is 25.7 Å². The van der Waals surface area contributed by atoms with Crippen LogP contribution in [0, 0.1) is 13.8 Å². The molecule has 1 heterocycles. The molecule has 1 aromatic heterocycles. The van der Waals surface area contributed by atoms with Crippen LogP contribution in [0.2, 0.25) is 0 Å². The Hall–Kier alpha value is -0.440. The van der Waals surface area contributed by atoms with Gasteiger partial charge in [-0.25, -0.2) is 0 Å². The zero-order valence-corrected chi connectivity index (χ0v) is 17.7. The summed E-state index contributed by atoms with van der Waals surface area (Å²) in [4.78, 5) is 4.25. The minimum atomic E-state index is 0. The third-order valence-corrected chi connectivity index (χ3v) is 4.65. The van der Waals surface area contributed by atoms with Gasteiger partial charge in [0.15, 0.2) is 5.96 Å². The van der Waals surface area contributed by atoms with Crippen molar-refractivity contribution in [2.75, 3.05) is 26.4 Å². The number of aromatic nitrogens is 2. The Morgan fingerprint density at radius 1 is 1.36 bits per heavy atom. The Kier molecular flexibility index (Phi) is 10.1. The first-order chi connectivity index (χ1) is 9.88. The van der Waals surface area contributed by atoms with E-state index in [1.54, 1.807) is 0 Å². The van der Waals surface area contributed by atoms with Gasteiger partial charge in [0.1, 0.15) is 0 Å². The summed E-state index contributed by atoms with van der Waals surface area (Å²) in [7, 11) is 1.81. The molecule has 0 radical (unpaired) electrons. The molecule has 128 valence electrons. The van der Waals surface area contributed by atoms with Crippen LogP contribution in [0.5, 0.6) is 0 Å². The second-order valence-corrected chi connectivity index (χ2v) is 7.33. The van der Waals surface area contributed by atoms with E-state index >= 15 is 0 Å². The Bertz CT molecular complexity index is 470. The number of hydrogen-bond acceptors (Lipinski definition) is 3. The number of aryl methyl sites for hydroxylation is 3. The molecule has 0 aliphatic heterocycles. The molecule has 0 fully saturated rings. The van der Waals surface area contributed by atoms with Crippen LogP contribution < -0.4 is 10.6 Å². The van der Waals surface area contributed by atoms with Crippen molar-refractivity contribution in [3.05, 3.63) is 17.5 Å². The van der Waals surface area contributed by atoms with E-state index in [2.05, 4.69) is 58.5 Å². The number of nitrogens with zero attached hydrogens (tertiary/aromatic N) is 3. The van der Waals surface area contributed by atoms with Gasteiger partial charge in [0.25, 0.3) is 0 Å². The summed E-state index contributed by atoms with van der Waals surface area (Å²) in [5.74, 6) is 0.866. The Morgan fingerprint density at radius 2 is 2.05 bits per heavy atom. The Morgan fingerprint density at radius 3 is 2.55 bits per heavy atom. The maximum atomic E-state index is 4.47. The van der Waals surface area contributed by atoms with Gasteiger partial charge in [0.2, 0.25) is 0 Å². The lowest BCUT2D eigenvalue weighted by atomic mass is 10.2. The molecule has 0 bridgehead atoms. The van der Waals surface area contributed by atoms with Gasteiger partial charge in [-0.1, -0.05) is 0 Å². The van der Waals surface area contributed by atoms with E-state index in [1.165, 1.54) is 5.69 Å². The smallest absolute Gasteiger partial charge is 0.191 e. The summed E-state index contributed by atoms with van der Waals surface area (Å²) >= 11 is 1.85. The van der Waals surface area contributed by atoms with E-state index < -0.39 is 0 Å². The zero-order chi connectivity index (χ0) is 15.9. The molecular formula is C15H30IN5S. The van der Waals surface area contributed by atoms with Crippen LogP contribution in [-0.2, 0) is 6.54 Å². The van der Waals surface area contributed by atoms with E-state index in [0.29, 0.717) is 0 Å². The first kappa shape index (κ1) is 21.6. The highest BCUT2D eigenvalue weighted by atomic mass is 127. The molecule has 22 heavy (non-hydrogen) atoms. The number of rotatable bonds is 7. The van der Waals surface area contributed by atoms with E-state index in [9.17, 15) is 0 Å². The standard InChI is InChI=1S/C15H29N5S.HI/c1-12-10-13(2)20(19-12)9-7-8-17-14(16-5)18-11-15(3,4)21-6;/h10H,7-9,11H2,1-6H3,(H2,16,17,18);1H. The largest absolute Gasteiger partial charge is 0.356 e. The summed E-state index contributed by atoms with van der Waals surface area (Å²) in [5.41, 5.74) is 2.30. The molecule has 2 N–H and O–H groups in total. The molecule has 0 spiro atoms. The third kappa shape index (κ3) is 7.71. The van der Waals surface area contributed by atoms with Crippen molar-refractivity contribution < 1.29 is 0 Å². The molecule has 0 saturated heterocycles. The van der Waals surface area contributed by atoms with Crippen LogP contribution in [-0.4, -0.2) is 46.9 Å². The average Bonchev–Trinajstić information content (AvgIpc) is 2.76. The van der Waals surface area contributed by atoms with Gasteiger partial charge in [0.05, 0.1) is 5.69 Å². The lowest BCUT2D eigenvalue weighted by Gasteiger charge is -2.23.